The Hall–Kier alpha value is -5.48. The van der Waals surface area contributed by atoms with Crippen molar-refractivity contribution < 1.29 is 49.1 Å². The fourth-order valence-corrected chi connectivity index (χ4v) is 7.32. The zero-order valence-corrected chi connectivity index (χ0v) is 30.9. The van der Waals surface area contributed by atoms with Gasteiger partial charge in [-0.05, 0) is 80.5 Å². The van der Waals surface area contributed by atoms with Gasteiger partial charge >= 0.3 is 0 Å². The van der Waals surface area contributed by atoms with E-state index in [0.29, 0.717) is 6.07 Å². The Balaban J connectivity index is 1.48. The standard InChI is InChI=1S/C37H34F7N7O4S/c1-36(2,53)10-9-20-5-6-21(22-7-8-25(40)29-32(22)51(3)49-35(29)50-56(4,54)55)31(47-20)26(13-17-11-18(38)14-19(39)12-17)48-27(52)16-46-33-28(30(45)34(41)42)23-15-24(23)37(33,43)44/h5-8,11-12,14,23-24,26,34,45-46,53H,13,15-16H2,1-4H3,(H,48,52)(H,49,50)/t23-,24+,26-/m0/s1. The molecule has 1 amide bonds. The van der Waals surface area contributed by atoms with Gasteiger partial charge in [0.15, 0.2) is 5.82 Å². The van der Waals surface area contributed by atoms with Crippen LogP contribution in [-0.2, 0) is 28.3 Å². The van der Waals surface area contributed by atoms with Crippen molar-refractivity contribution in [3.05, 3.63) is 88.1 Å². The van der Waals surface area contributed by atoms with Crippen molar-refractivity contribution in [3.63, 3.8) is 0 Å². The Morgan fingerprint density at radius 3 is 2.39 bits per heavy atom. The topological polar surface area (TPSA) is 162 Å². The summed E-state index contributed by atoms with van der Waals surface area (Å²) in [4.78, 5) is 18.3. The summed E-state index contributed by atoms with van der Waals surface area (Å²) >= 11 is 0. The van der Waals surface area contributed by atoms with E-state index in [1.165, 1.54) is 43.8 Å². The largest absolute Gasteiger partial charge is 0.378 e. The summed E-state index contributed by atoms with van der Waals surface area (Å²) in [6.07, 6.45) is -2.97. The highest BCUT2D eigenvalue weighted by Crippen LogP contribution is 2.62. The van der Waals surface area contributed by atoms with Gasteiger partial charge in [-0.1, -0.05) is 5.92 Å². The lowest BCUT2D eigenvalue weighted by molar-refractivity contribution is -0.121. The normalized spacial score (nSPS) is 18.0. The highest BCUT2D eigenvalue weighted by Gasteiger charge is 2.66. The number of benzene rings is 2. The smallest absolute Gasteiger partial charge is 0.290 e. The summed E-state index contributed by atoms with van der Waals surface area (Å²) in [7, 11) is -2.53. The maximum atomic E-state index is 15.4. The Morgan fingerprint density at radius 2 is 1.77 bits per heavy atom. The number of allylic oxidation sites excluding steroid dienone is 2. The van der Waals surface area contributed by atoms with Gasteiger partial charge in [-0.25, -0.2) is 35.4 Å². The lowest BCUT2D eigenvalue weighted by Crippen LogP contribution is -2.41. The molecule has 1 saturated carbocycles. The number of fused-ring (bicyclic) bond motifs is 2. The molecule has 0 unspecified atom stereocenters. The maximum Gasteiger partial charge on any atom is 0.290 e. The zero-order valence-electron chi connectivity index (χ0n) is 30.0. The van der Waals surface area contributed by atoms with E-state index in [-0.39, 0.29) is 57.6 Å². The van der Waals surface area contributed by atoms with Gasteiger partial charge in [-0.3, -0.25) is 19.6 Å². The minimum Gasteiger partial charge on any atom is -0.378 e. The van der Waals surface area contributed by atoms with Crippen LogP contribution in [0.25, 0.3) is 22.0 Å². The van der Waals surface area contributed by atoms with Crippen LogP contribution in [0.5, 0.6) is 0 Å². The summed E-state index contributed by atoms with van der Waals surface area (Å²) in [6.45, 7) is 1.91. The summed E-state index contributed by atoms with van der Waals surface area (Å²) < 4.78 is 129. The average Bonchev–Trinajstić information content (AvgIpc) is 3.76. The highest BCUT2D eigenvalue weighted by molar-refractivity contribution is 7.92. The fourth-order valence-electron chi connectivity index (χ4n) is 6.82. The monoisotopic (exact) mass is 805 g/mol. The number of aliphatic hydroxyl groups is 1. The highest BCUT2D eigenvalue weighted by atomic mass is 32.2. The van der Waals surface area contributed by atoms with E-state index >= 15 is 13.2 Å². The molecule has 0 radical (unpaired) electrons. The molecule has 2 aliphatic carbocycles. The fraction of sp³-hybridized carbons (Fsp3) is 0.351. The van der Waals surface area contributed by atoms with Crippen LogP contribution in [0.15, 0.2) is 53.7 Å². The number of anilines is 1. The lowest BCUT2D eigenvalue weighted by atomic mass is 9.93. The number of aryl methyl sites for hydroxylation is 1. The molecule has 0 bridgehead atoms. The molecular formula is C37H34F7N7O4S. The second-order valence-corrected chi connectivity index (χ2v) is 15.9. The number of nitrogens with one attached hydrogen (secondary N) is 4. The van der Waals surface area contributed by atoms with E-state index in [2.05, 4.69) is 37.3 Å². The first kappa shape index (κ1) is 40.2. The van der Waals surface area contributed by atoms with Gasteiger partial charge < -0.3 is 15.7 Å². The number of amides is 1. The van der Waals surface area contributed by atoms with Crippen LogP contribution < -0.4 is 15.4 Å². The van der Waals surface area contributed by atoms with Gasteiger partial charge in [0.2, 0.25) is 15.9 Å². The van der Waals surface area contributed by atoms with E-state index < -0.39 is 92.7 Å². The number of halogens is 7. The Bertz CT molecular complexity index is 2470. The van der Waals surface area contributed by atoms with Crippen LogP contribution in [0.3, 0.4) is 0 Å². The van der Waals surface area contributed by atoms with E-state index in [4.69, 9.17) is 5.41 Å². The predicted octanol–water partition coefficient (Wildman–Crippen LogP) is 5.36. The van der Waals surface area contributed by atoms with Gasteiger partial charge in [-0.15, -0.1) is 0 Å². The first-order valence-electron chi connectivity index (χ1n) is 16.9. The molecule has 0 saturated heterocycles. The van der Waals surface area contributed by atoms with Crippen molar-refractivity contribution in [3.8, 4) is 23.0 Å². The van der Waals surface area contributed by atoms with Crippen molar-refractivity contribution in [2.75, 3.05) is 17.5 Å². The van der Waals surface area contributed by atoms with Crippen molar-refractivity contribution in [1.29, 1.82) is 5.41 Å². The molecule has 2 aromatic carbocycles. The molecule has 19 heteroatoms. The lowest BCUT2D eigenvalue weighted by Gasteiger charge is -2.24. The second kappa shape index (κ2) is 14.5. The number of nitrogens with zero attached hydrogens (tertiary/aromatic N) is 3. The molecule has 2 aliphatic rings. The number of hydrogen-bond donors (Lipinski definition) is 5. The number of sulfonamides is 1. The van der Waals surface area contributed by atoms with Gasteiger partial charge in [0, 0.05) is 35.7 Å². The average molecular weight is 806 g/mol. The maximum absolute atomic E-state index is 15.4. The Kier molecular flexibility index (Phi) is 10.4. The van der Waals surface area contributed by atoms with Crippen LogP contribution >= 0.6 is 0 Å². The number of aromatic nitrogens is 3. The second-order valence-electron chi connectivity index (χ2n) is 14.1. The molecule has 4 aromatic rings. The Labute approximate surface area is 315 Å². The SMILES string of the molecule is Cn1nc(NS(C)(=O)=O)c2c(F)ccc(-c3ccc(C#CC(C)(C)O)nc3[C@H](Cc3cc(F)cc(F)c3)NC(=O)CNC3=C(C(=N)C(F)F)[C@H]4C[C@H]4C3(F)F)c21. The van der Waals surface area contributed by atoms with Gasteiger partial charge in [-0.2, -0.15) is 13.9 Å². The van der Waals surface area contributed by atoms with Crippen LogP contribution in [0.1, 0.15) is 43.3 Å². The third-order valence-electron chi connectivity index (χ3n) is 9.12. The van der Waals surface area contributed by atoms with Crippen molar-refractivity contribution >= 4 is 38.4 Å². The number of pyridine rings is 1. The molecule has 0 spiro atoms. The summed E-state index contributed by atoms with van der Waals surface area (Å²) in [5, 5.41) is 26.8. The van der Waals surface area contributed by atoms with Gasteiger partial charge in [0.05, 0.1) is 41.1 Å². The Morgan fingerprint density at radius 1 is 1.11 bits per heavy atom. The van der Waals surface area contributed by atoms with Crippen molar-refractivity contribution in [1.82, 2.24) is 25.4 Å². The summed E-state index contributed by atoms with van der Waals surface area (Å²) in [5.74, 6) is -4.71. The number of carbonyl (C=O) groups excluding carboxylic acids is 1. The molecule has 296 valence electrons. The zero-order chi connectivity index (χ0) is 41.1. The first-order valence-corrected chi connectivity index (χ1v) is 18.8. The molecule has 56 heavy (non-hydrogen) atoms. The van der Waals surface area contributed by atoms with Crippen LogP contribution in [0.4, 0.5) is 36.6 Å². The molecule has 5 N–H and O–H groups in total. The number of rotatable bonds is 12. The quantitative estimate of drug-likeness (QED) is 0.0732. The van der Waals surface area contributed by atoms with E-state index in [1.54, 1.807) is 0 Å². The minimum absolute atomic E-state index is 0.00343. The third-order valence-corrected chi connectivity index (χ3v) is 9.69. The van der Waals surface area contributed by atoms with Crippen molar-refractivity contribution in [2.24, 2.45) is 18.9 Å². The third kappa shape index (κ3) is 8.35. The molecule has 1 fully saturated rings. The molecule has 11 nitrogen and oxygen atoms in total. The summed E-state index contributed by atoms with van der Waals surface area (Å²) in [5.41, 5.74) is -3.91. The van der Waals surface area contributed by atoms with Gasteiger partial charge in [0.25, 0.3) is 12.3 Å². The minimum atomic E-state index is -3.94. The van der Waals surface area contributed by atoms with Crippen molar-refractivity contribution in [2.45, 2.75) is 50.7 Å². The van der Waals surface area contributed by atoms with Crippen LogP contribution in [0, 0.1) is 46.5 Å². The molecule has 3 atom stereocenters. The number of hydrogen-bond acceptors (Lipinski definition) is 8. The molecule has 0 aliphatic heterocycles. The van der Waals surface area contributed by atoms with E-state index in [0.717, 1.165) is 24.5 Å². The molecule has 6 rings (SSSR count). The van der Waals surface area contributed by atoms with Gasteiger partial charge in [0.1, 0.15) is 34.5 Å². The number of alkyl halides is 4. The number of carbonyl (C=O) groups is 1. The van der Waals surface area contributed by atoms with E-state index in [9.17, 15) is 35.9 Å². The van der Waals surface area contributed by atoms with E-state index in [1.807, 2.05) is 0 Å². The molecule has 2 heterocycles. The van der Waals surface area contributed by atoms with Crippen LogP contribution in [-0.4, -0.2) is 70.7 Å². The summed E-state index contributed by atoms with van der Waals surface area (Å²) in [6, 6.07) is 6.49. The predicted molar refractivity (Wildman–Crippen MR) is 192 cm³/mol. The molecular weight excluding hydrogens is 772 g/mol. The first-order chi connectivity index (χ1) is 26.0. The van der Waals surface area contributed by atoms with Crippen LogP contribution in [0.2, 0.25) is 0 Å². The molecule has 2 aromatic heterocycles.